The minimum atomic E-state index is -0.323. The Balaban J connectivity index is 1.64. The van der Waals surface area contributed by atoms with Gasteiger partial charge in [0.1, 0.15) is 5.78 Å². The summed E-state index contributed by atoms with van der Waals surface area (Å²) >= 11 is 0. The Bertz CT molecular complexity index is 503. The molecule has 4 saturated carbocycles. The van der Waals surface area contributed by atoms with Crippen molar-refractivity contribution in [3.63, 3.8) is 0 Å². The molecule has 0 spiro atoms. The van der Waals surface area contributed by atoms with Crippen molar-refractivity contribution in [1.82, 2.24) is 0 Å². The summed E-state index contributed by atoms with van der Waals surface area (Å²) in [5.41, 5.74) is 0.206. The minimum Gasteiger partial charge on any atom is -0.396 e. The maximum absolute atomic E-state index is 12.4. The molecule has 2 N–H and O–H groups in total. The molecule has 8 atom stereocenters. The van der Waals surface area contributed by atoms with Gasteiger partial charge >= 0.3 is 0 Å². The van der Waals surface area contributed by atoms with Crippen LogP contribution in [0.25, 0.3) is 0 Å². The van der Waals surface area contributed by atoms with Gasteiger partial charge in [0.05, 0.1) is 6.10 Å². The monoisotopic (exact) mass is 320 g/mol. The Kier molecular flexibility index (Phi) is 3.70. The van der Waals surface area contributed by atoms with Crippen LogP contribution in [0.4, 0.5) is 0 Å². The maximum Gasteiger partial charge on any atom is 0.139 e. The summed E-state index contributed by atoms with van der Waals surface area (Å²) < 4.78 is 0. The number of Topliss-reactive ketones (excluding diaryl/α,β-unsaturated/α-hetero) is 1. The van der Waals surface area contributed by atoms with Gasteiger partial charge in [-0.3, -0.25) is 4.79 Å². The smallest absolute Gasteiger partial charge is 0.139 e. The summed E-state index contributed by atoms with van der Waals surface area (Å²) in [7, 11) is 0. The molecule has 3 nitrogen and oxygen atoms in total. The highest BCUT2D eigenvalue weighted by molar-refractivity contribution is 5.87. The van der Waals surface area contributed by atoms with Crippen LogP contribution in [-0.2, 0) is 4.79 Å². The van der Waals surface area contributed by atoms with Crippen molar-refractivity contribution in [2.75, 3.05) is 6.61 Å². The first kappa shape index (κ1) is 16.1. The van der Waals surface area contributed by atoms with Crippen molar-refractivity contribution in [2.45, 2.75) is 71.3 Å². The first-order valence-corrected chi connectivity index (χ1v) is 9.72. The standard InChI is InChI=1S/C20H32O3/c1-19-8-7-16-14(15(19)5-6-18(19)23)4-3-13-9-17(22)12(11-21)10-20(13,16)2/h12-17,21-22H,3-11H2,1-2H3/t12-,13+,14+,15+,16+,17+,19+,20+/m1/s1. The minimum absolute atomic E-state index is 0.0467. The number of fused-ring (bicyclic) bond motifs is 5. The molecular weight excluding hydrogens is 288 g/mol. The highest BCUT2D eigenvalue weighted by Gasteiger charge is 2.60. The third kappa shape index (κ3) is 2.12. The van der Waals surface area contributed by atoms with Crippen LogP contribution in [0.15, 0.2) is 0 Å². The maximum atomic E-state index is 12.4. The lowest BCUT2D eigenvalue weighted by atomic mass is 9.44. The van der Waals surface area contributed by atoms with Gasteiger partial charge in [-0.15, -0.1) is 0 Å². The van der Waals surface area contributed by atoms with Crippen molar-refractivity contribution in [2.24, 2.45) is 40.4 Å². The average molecular weight is 320 g/mol. The van der Waals surface area contributed by atoms with E-state index in [0.29, 0.717) is 29.5 Å². The van der Waals surface area contributed by atoms with E-state index in [-0.39, 0.29) is 29.5 Å². The van der Waals surface area contributed by atoms with Gasteiger partial charge in [-0.25, -0.2) is 0 Å². The van der Waals surface area contributed by atoms with E-state index in [4.69, 9.17) is 0 Å². The van der Waals surface area contributed by atoms with E-state index in [1.54, 1.807) is 0 Å². The zero-order chi connectivity index (χ0) is 16.4. The van der Waals surface area contributed by atoms with Crippen LogP contribution in [0.3, 0.4) is 0 Å². The number of rotatable bonds is 1. The van der Waals surface area contributed by atoms with Crippen LogP contribution in [0.2, 0.25) is 0 Å². The number of carbonyl (C=O) groups is 1. The van der Waals surface area contributed by atoms with E-state index in [1.807, 2.05) is 0 Å². The fraction of sp³-hybridized carbons (Fsp3) is 0.950. The van der Waals surface area contributed by atoms with Crippen molar-refractivity contribution in [1.29, 1.82) is 0 Å². The Morgan fingerprint density at radius 2 is 1.91 bits per heavy atom. The molecule has 4 rings (SSSR count). The molecule has 4 fully saturated rings. The van der Waals surface area contributed by atoms with Crippen LogP contribution in [0.5, 0.6) is 0 Å². The first-order chi connectivity index (χ1) is 10.9. The van der Waals surface area contributed by atoms with Crippen LogP contribution < -0.4 is 0 Å². The van der Waals surface area contributed by atoms with Gasteiger partial charge in [0.2, 0.25) is 0 Å². The zero-order valence-electron chi connectivity index (χ0n) is 14.6. The van der Waals surface area contributed by atoms with Crippen molar-refractivity contribution in [3.8, 4) is 0 Å². The van der Waals surface area contributed by atoms with E-state index in [9.17, 15) is 15.0 Å². The molecule has 0 amide bonds. The van der Waals surface area contributed by atoms with E-state index >= 15 is 0 Å². The van der Waals surface area contributed by atoms with Crippen molar-refractivity contribution in [3.05, 3.63) is 0 Å². The fourth-order valence-electron chi connectivity index (χ4n) is 7.38. The van der Waals surface area contributed by atoms with Crippen LogP contribution in [-0.4, -0.2) is 28.7 Å². The molecule has 4 aliphatic rings. The van der Waals surface area contributed by atoms with Gasteiger partial charge in [0.25, 0.3) is 0 Å². The van der Waals surface area contributed by atoms with Crippen molar-refractivity contribution < 1.29 is 15.0 Å². The highest BCUT2D eigenvalue weighted by atomic mass is 16.3. The summed E-state index contributed by atoms with van der Waals surface area (Å²) in [5.74, 6) is 3.13. The molecule has 3 heteroatoms. The number of aliphatic hydroxyl groups excluding tert-OH is 2. The van der Waals surface area contributed by atoms with Gasteiger partial charge < -0.3 is 10.2 Å². The Morgan fingerprint density at radius 1 is 1.13 bits per heavy atom. The molecule has 0 heterocycles. The molecule has 4 aliphatic carbocycles. The molecule has 130 valence electrons. The number of carbonyl (C=O) groups excluding carboxylic acids is 1. The molecule has 0 aromatic heterocycles. The Morgan fingerprint density at radius 3 is 2.65 bits per heavy atom. The van der Waals surface area contributed by atoms with Crippen LogP contribution >= 0.6 is 0 Å². The lowest BCUT2D eigenvalue weighted by molar-refractivity contribution is -0.152. The van der Waals surface area contributed by atoms with Gasteiger partial charge in [0, 0.05) is 24.4 Å². The molecule has 0 bridgehead atoms. The SMILES string of the molecule is C[C@]12C[C@H](CO)[C@@H](O)C[C@@H]1CC[C@@H]1[C@@H]2CC[C@]2(C)C(=O)CC[C@@H]12. The number of aliphatic hydroxyl groups is 2. The molecule has 23 heavy (non-hydrogen) atoms. The summed E-state index contributed by atoms with van der Waals surface area (Å²) in [5, 5.41) is 20.0. The summed E-state index contributed by atoms with van der Waals surface area (Å²) in [6.45, 7) is 4.78. The molecule has 0 saturated heterocycles. The van der Waals surface area contributed by atoms with Crippen molar-refractivity contribution >= 4 is 5.78 Å². The van der Waals surface area contributed by atoms with E-state index < -0.39 is 0 Å². The number of hydrogen-bond acceptors (Lipinski definition) is 3. The first-order valence-electron chi connectivity index (χ1n) is 9.72. The van der Waals surface area contributed by atoms with Crippen LogP contribution in [0, 0.1) is 40.4 Å². The third-order valence-corrected chi connectivity index (χ3v) is 8.78. The normalized spacial score (nSPS) is 55.9. The summed E-state index contributed by atoms with van der Waals surface area (Å²) in [6.07, 6.45) is 8.09. The molecule has 0 radical (unpaired) electrons. The zero-order valence-corrected chi connectivity index (χ0v) is 14.6. The molecule has 0 aromatic rings. The fourth-order valence-corrected chi connectivity index (χ4v) is 7.38. The predicted octanol–water partition coefficient (Wildman–Crippen LogP) is 3.18. The van der Waals surface area contributed by atoms with Crippen LogP contribution in [0.1, 0.15) is 65.2 Å². The predicted molar refractivity (Wildman–Crippen MR) is 88.7 cm³/mol. The summed E-state index contributed by atoms with van der Waals surface area (Å²) in [6, 6.07) is 0. The Hall–Kier alpha value is -0.410. The highest BCUT2D eigenvalue weighted by Crippen LogP contribution is 2.65. The quantitative estimate of drug-likeness (QED) is 0.780. The second kappa shape index (κ2) is 5.29. The van der Waals surface area contributed by atoms with E-state index in [0.717, 1.165) is 32.1 Å². The van der Waals surface area contributed by atoms with Gasteiger partial charge in [0.15, 0.2) is 0 Å². The number of hydrogen-bond donors (Lipinski definition) is 2. The largest absolute Gasteiger partial charge is 0.396 e. The van der Waals surface area contributed by atoms with Gasteiger partial charge in [-0.05, 0) is 74.0 Å². The topological polar surface area (TPSA) is 57.5 Å². The molecule has 0 aromatic carbocycles. The molecule has 0 unspecified atom stereocenters. The number of ketones is 1. The second-order valence-electron chi connectivity index (χ2n) is 9.52. The summed E-state index contributed by atoms with van der Waals surface area (Å²) in [4.78, 5) is 12.4. The van der Waals surface area contributed by atoms with E-state index in [2.05, 4.69) is 13.8 Å². The third-order valence-electron chi connectivity index (χ3n) is 8.78. The van der Waals surface area contributed by atoms with E-state index in [1.165, 1.54) is 19.3 Å². The lowest BCUT2D eigenvalue weighted by Crippen LogP contribution is -2.56. The average Bonchev–Trinajstić information content (AvgIpc) is 2.83. The molecular formula is C20H32O3. The second-order valence-corrected chi connectivity index (χ2v) is 9.52. The Labute approximate surface area is 139 Å². The van der Waals surface area contributed by atoms with Gasteiger partial charge in [-0.1, -0.05) is 13.8 Å². The van der Waals surface area contributed by atoms with Gasteiger partial charge in [-0.2, -0.15) is 0 Å². The lowest BCUT2D eigenvalue weighted by Gasteiger charge is -2.61. The molecule has 0 aliphatic heterocycles.